The zero-order valence-electron chi connectivity index (χ0n) is 10.8. The summed E-state index contributed by atoms with van der Waals surface area (Å²) in [5.41, 5.74) is 0. The fraction of sp³-hybridized carbons (Fsp3) is 0.273. The van der Waals surface area contributed by atoms with E-state index >= 15 is 0 Å². The number of aromatic nitrogens is 2. The average molecular weight is 315 g/mol. The minimum atomic E-state index is -3.85. The third kappa shape index (κ3) is 2.60. The number of rotatable bonds is 5. The number of hydrogen-bond donors (Lipinski definition) is 1. The molecule has 0 bridgehead atoms. The van der Waals surface area contributed by atoms with Crippen LogP contribution >= 0.6 is 11.3 Å². The van der Waals surface area contributed by atoms with Crippen molar-refractivity contribution in [3.8, 4) is 0 Å². The molecule has 0 amide bonds. The first kappa shape index (κ1) is 14.7. The Morgan fingerprint density at radius 3 is 2.80 bits per heavy atom. The van der Waals surface area contributed by atoms with E-state index in [-0.39, 0.29) is 16.3 Å². The molecule has 2 rings (SSSR count). The standard InChI is InChI=1S/C11H13N3O4S2/c1-13-5-4-12-9(13)7-14(2)20(17,18)8-3-6-19-10(8)11(15)16/h3-6H,7H2,1-2H3,(H,15,16). The van der Waals surface area contributed by atoms with E-state index in [4.69, 9.17) is 5.11 Å². The minimum absolute atomic E-state index is 0.0702. The summed E-state index contributed by atoms with van der Waals surface area (Å²) in [6.45, 7) is 0.0702. The number of sulfonamides is 1. The Hall–Kier alpha value is -1.71. The van der Waals surface area contributed by atoms with E-state index in [9.17, 15) is 13.2 Å². The molecule has 0 aromatic carbocycles. The average Bonchev–Trinajstić information content (AvgIpc) is 2.99. The second-order valence-corrected chi connectivity index (χ2v) is 7.06. The van der Waals surface area contributed by atoms with Crippen molar-refractivity contribution in [2.24, 2.45) is 7.05 Å². The quantitative estimate of drug-likeness (QED) is 0.888. The van der Waals surface area contributed by atoms with Crippen LogP contribution in [0.3, 0.4) is 0 Å². The Labute approximate surface area is 120 Å². The zero-order valence-corrected chi connectivity index (χ0v) is 12.5. The molecule has 2 aromatic heterocycles. The smallest absolute Gasteiger partial charge is 0.347 e. The van der Waals surface area contributed by atoms with Crippen molar-refractivity contribution in [3.05, 3.63) is 34.5 Å². The fourth-order valence-corrected chi connectivity index (χ4v) is 4.01. The molecule has 1 N–H and O–H groups in total. The van der Waals surface area contributed by atoms with Gasteiger partial charge in [0.05, 0.1) is 6.54 Å². The number of nitrogens with zero attached hydrogens (tertiary/aromatic N) is 3. The summed E-state index contributed by atoms with van der Waals surface area (Å²) in [5.74, 6) is -0.674. The maximum absolute atomic E-state index is 12.4. The van der Waals surface area contributed by atoms with E-state index in [1.165, 1.54) is 18.5 Å². The summed E-state index contributed by atoms with van der Waals surface area (Å²) in [6.07, 6.45) is 3.28. The molecule has 0 saturated heterocycles. The van der Waals surface area contributed by atoms with Gasteiger partial charge in [0.1, 0.15) is 15.6 Å². The highest BCUT2D eigenvalue weighted by atomic mass is 32.2. The highest BCUT2D eigenvalue weighted by Crippen LogP contribution is 2.25. The van der Waals surface area contributed by atoms with E-state index < -0.39 is 16.0 Å². The van der Waals surface area contributed by atoms with Gasteiger partial charge in [-0.2, -0.15) is 4.31 Å². The summed E-state index contributed by atoms with van der Waals surface area (Å²) in [5, 5.41) is 10.5. The molecule has 9 heteroatoms. The van der Waals surface area contributed by atoms with E-state index in [1.54, 1.807) is 24.0 Å². The van der Waals surface area contributed by atoms with Gasteiger partial charge in [-0.15, -0.1) is 11.3 Å². The van der Waals surface area contributed by atoms with Crippen LogP contribution in [-0.4, -0.2) is 40.4 Å². The minimum Gasteiger partial charge on any atom is -0.477 e. The zero-order chi connectivity index (χ0) is 14.9. The number of hydrogen-bond acceptors (Lipinski definition) is 5. The summed E-state index contributed by atoms with van der Waals surface area (Å²) >= 11 is 0.887. The first-order valence-corrected chi connectivity index (χ1v) is 7.89. The van der Waals surface area contributed by atoms with Gasteiger partial charge in [0.2, 0.25) is 10.0 Å². The molecule has 0 saturated carbocycles. The second-order valence-electron chi connectivity index (χ2n) is 4.13. The van der Waals surface area contributed by atoms with E-state index in [0.29, 0.717) is 5.82 Å². The van der Waals surface area contributed by atoms with Crippen molar-refractivity contribution in [3.63, 3.8) is 0 Å². The molecule has 7 nitrogen and oxygen atoms in total. The lowest BCUT2D eigenvalue weighted by atomic mass is 10.5. The van der Waals surface area contributed by atoms with Crippen LogP contribution in [0.2, 0.25) is 0 Å². The van der Waals surface area contributed by atoms with Gasteiger partial charge in [-0.3, -0.25) is 0 Å². The first-order valence-electron chi connectivity index (χ1n) is 5.57. The number of thiophene rings is 1. The first-order chi connectivity index (χ1) is 9.34. The van der Waals surface area contributed by atoms with Gasteiger partial charge in [-0.1, -0.05) is 0 Å². The molecular weight excluding hydrogens is 302 g/mol. The molecule has 2 aromatic rings. The van der Waals surface area contributed by atoms with E-state index in [2.05, 4.69) is 4.98 Å². The summed E-state index contributed by atoms with van der Waals surface area (Å²) in [6, 6.07) is 1.30. The van der Waals surface area contributed by atoms with Crippen molar-refractivity contribution in [2.45, 2.75) is 11.4 Å². The second kappa shape index (κ2) is 5.35. The third-order valence-corrected chi connectivity index (χ3v) is 5.67. The van der Waals surface area contributed by atoms with Crippen LogP contribution in [0, 0.1) is 0 Å². The number of aryl methyl sites for hydroxylation is 1. The molecule has 0 aliphatic carbocycles. The molecule has 0 radical (unpaired) electrons. The third-order valence-electron chi connectivity index (χ3n) is 2.80. The lowest BCUT2D eigenvalue weighted by Gasteiger charge is -2.16. The van der Waals surface area contributed by atoms with Crippen molar-refractivity contribution in [2.75, 3.05) is 7.05 Å². The molecule has 0 aliphatic rings. The number of imidazole rings is 1. The van der Waals surface area contributed by atoms with E-state index in [0.717, 1.165) is 15.6 Å². The maximum atomic E-state index is 12.4. The lowest BCUT2D eigenvalue weighted by Crippen LogP contribution is -2.28. The highest BCUT2D eigenvalue weighted by Gasteiger charge is 2.28. The largest absolute Gasteiger partial charge is 0.477 e. The SMILES string of the molecule is CN(Cc1nccn1C)S(=O)(=O)c1ccsc1C(=O)O. The van der Waals surface area contributed by atoms with Gasteiger partial charge in [0, 0.05) is 26.5 Å². The monoisotopic (exact) mass is 315 g/mol. The molecule has 2 heterocycles. The lowest BCUT2D eigenvalue weighted by molar-refractivity contribution is 0.0698. The van der Waals surface area contributed by atoms with Crippen LogP contribution in [0.1, 0.15) is 15.5 Å². The molecular formula is C11H13N3O4S2. The predicted octanol–water partition coefficient (Wildman–Crippen LogP) is 1.00. The molecule has 0 atom stereocenters. The molecule has 108 valence electrons. The van der Waals surface area contributed by atoms with E-state index in [1.807, 2.05) is 0 Å². The number of aromatic carboxylic acids is 1. The van der Waals surface area contributed by atoms with Crippen molar-refractivity contribution in [1.29, 1.82) is 0 Å². The van der Waals surface area contributed by atoms with Gasteiger partial charge < -0.3 is 9.67 Å². The maximum Gasteiger partial charge on any atom is 0.347 e. The molecule has 20 heavy (non-hydrogen) atoms. The van der Waals surface area contributed by atoms with Crippen LogP contribution in [-0.2, 0) is 23.6 Å². The predicted molar refractivity (Wildman–Crippen MR) is 73.1 cm³/mol. The van der Waals surface area contributed by atoms with Crippen molar-refractivity contribution in [1.82, 2.24) is 13.9 Å². The number of carboxylic acid groups (broad SMARTS) is 1. The summed E-state index contributed by atoms with van der Waals surface area (Å²) in [4.78, 5) is 14.7. The van der Waals surface area contributed by atoms with Crippen LogP contribution in [0.15, 0.2) is 28.7 Å². The summed E-state index contributed by atoms with van der Waals surface area (Å²) < 4.78 is 27.6. The Kier molecular flexibility index (Phi) is 3.93. The van der Waals surface area contributed by atoms with Gasteiger partial charge in [-0.25, -0.2) is 18.2 Å². The normalized spacial score (nSPS) is 11.9. The van der Waals surface area contributed by atoms with Gasteiger partial charge in [-0.05, 0) is 11.4 Å². The van der Waals surface area contributed by atoms with Gasteiger partial charge in [0.25, 0.3) is 0 Å². The van der Waals surface area contributed by atoms with Crippen LogP contribution in [0.5, 0.6) is 0 Å². The van der Waals surface area contributed by atoms with Gasteiger partial charge in [0.15, 0.2) is 0 Å². The van der Waals surface area contributed by atoms with Crippen molar-refractivity contribution >= 4 is 27.3 Å². The number of carboxylic acids is 1. The van der Waals surface area contributed by atoms with Crippen LogP contribution < -0.4 is 0 Å². The Bertz CT molecular complexity index is 732. The van der Waals surface area contributed by atoms with Crippen LogP contribution in [0.25, 0.3) is 0 Å². The summed E-state index contributed by atoms with van der Waals surface area (Å²) in [7, 11) is -0.698. The molecule has 0 unspecified atom stereocenters. The molecule has 0 spiro atoms. The highest BCUT2D eigenvalue weighted by molar-refractivity contribution is 7.89. The van der Waals surface area contributed by atoms with Crippen LogP contribution in [0.4, 0.5) is 0 Å². The Morgan fingerprint density at radius 1 is 1.55 bits per heavy atom. The topological polar surface area (TPSA) is 92.5 Å². The number of carbonyl (C=O) groups is 1. The Morgan fingerprint density at radius 2 is 2.25 bits per heavy atom. The fourth-order valence-electron chi connectivity index (χ4n) is 1.66. The van der Waals surface area contributed by atoms with Gasteiger partial charge >= 0.3 is 5.97 Å². The Balaban J connectivity index is 2.32. The molecule has 0 fully saturated rings. The molecule has 0 aliphatic heterocycles. The van der Waals surface area contributed by atoms with Crippen molar-refractivity contribution < 1.29 is 18.3 Å².